The number of hydrogen-bond donors (Lipinski definition) is 0. The number of rotatable bonds is 2. The van der Waals surface area contributed by atoms with Crippen LogP contribution in [0.4, 0.5) is 17.6 Å². The second-order valence-corrected chi connectivity index (χ2v) is 4.46. The third kappa shape index (κ3) is 2.46. The Morgan fingerprint density at radius 3 is 2.52 bits per heavy atom. The molecule has 0 aliphatic heterocycles. The summed E-state index contributed by atoms with van der Waals surface area (Å²) in [4.78, 5) is 7.48. The molecule has 3 nitrogen and oxygen atoms in total. The summed E-state index contributed by atoms with van der Waals surface area (Å²) in [6.45, 7) is -0.283. The van der Waals surface area contributed by atoms with Crippen LogP contribution in [0.2, 0.25) is 0 Å². The van der Waals surface area contributed by atoms with E-state index in [0.717, 1.165) is 4.57 Å². The lowest BCUT2D eigenvalue weighted by atomic mass is 10.2. The summed E-state index contributed by atoms with van der Waals surface area (Å²) in [5, 5.41) is 0. The first-order chi connectivity index (χ1) is 9.97. The van der Waals surface area contributed by atoms with Crippen LogP contribution in [-0.4, -0.2) is 14.5 Å². The molecule has 7 heteroatoms. The highest BCUT2D eigenvalue weighted by Crippen LogP contribution is 2.31. The van der Waals surface area contributed by atoms with Crippen LogP contribution in [0.3, 0.4) is 0 Å². The van der Waals surface area contributed by atoms with Gasteiger partial charge in [0.05, 0.1) is 6.54 Å². The molecule has 2 heterocycles. The first-order valence-corrected chi connectivity index (χ1v) is 6.08. The van der Waals surface area contributed by atoms with Crippen molar-refractivity contribution in [3.05, 3.63) is 59.8 Å². The quantitative estimate of drug-likeness (QED) is 0.676. The molecule has 0 unspecified atom stereocenters. The largest absolute Gasteiger partial charge is 0.449 e. The minimum Gasteiger partial charge on any atom is -0.300 e. The average molecular weight is 295 g/mol. The van der Waals surface area contributed by atoms with Crippen molar-refractivity contribution >= 4 is 11.2 Å². The van der Waals surface area contributed by atoms with Gasteiger partial charge in [-0.15, -0.1) is 0 Å². The van der Waals surface area contributed by atoms with Gasteiger partial charge in [-0.25, -0.2) is 14.4 Å². The Hall–Kier alpha value is -2.44. The number of imidazole rings is 1. The molecule has 0 saturated carbocycles. The van der Waals surface area contributed by atoms with Gasteiger partial charge < -0.3 is 4.57 Å². The number of alkyl halides is 3. The highest BCUT2D eigenvalue weighted by Gasteiger charge is 2.38. The van der Waals surface area contributed by atoms with Crippen LogP contribution >= 0.6 is 0 Å². The van der Waals surface area contributed by atoms with E-state index in [9.17, 15) is 17.6 Å². The molecule has 108 valence electrons. The zero-order valence-corrected chi connectivity index (χ0v) is 10.6. The molecule has 1 aromatic carbocycles. The Morgan fingerprint density at radius 2 is 1.81 bits per heavy atom. The molecule has 0 spiro atoms. The SMILES string of the molecule is Fc1ccccc1Cn1c(C(F)(F)F)nc2cccnc21. The lowest BCUT2D eigenvalue weighted by Crippen LogP contribution is -2.16. The molecule has 0 saturated heterocycles. The predicted molar refractivity (Wildman–Crippen MR) is 68.0 cm³/mol. The second kappa shape index (κ2) is 4.83. The summed E-state index contributed by atoms with van der Waals surface area (Å²) in [7, 11) is 0. The van der Waals surface area contributed by atoms with E-state index in [1.165, 1.54) is 36.5 Å². The topological polar surface area (TPSA) is 30.7 Å². The van der Waals surface area contributed by atoms with Crippen LogP contribution in [0.15, 0.2) is 42.6 Å². The molecular weight excluding hydrogens is 286 g/mol. The number of fused-ring (bicyclic) bond motifs is 1. The Balaban J connectivity index is 2.18. The van der Waals surface area contributed by atoms with Crippen LogP contribution in [0.5, 0.6) is 0 Å². The summed E-state index contributed by atoms with van der Waals surface area (Å²) in [6, 6.07) is 8.63. The molecular formula is C14H9F4N3. The van der Waals surface area contributed by atoms with E-state index < -0.39 is 17.8 Å². The minimum absolute atomic E-state index is 0.0769. The van der Waals surface area contributed by atoms with Gasteiger partial charge in [0.15, 0.2) is 5.65 Å². The van der Waals surface area contributed by atoms with Gasteiger partial charge in [0.25, 0.3) is 0 Å². The zero-order valence-electron chi connectivity index (χ0n) is 10.6. The second-order valence-electron chi connectivity index (χ2n) is 4.46. The maximum absolute atomic E-state index is 13.7. The van der Waals surface area contributed by atoms with E-state index in [2.05, 4.69) is 9.97 Å². The Labute approximate surface area is 116 Å². The smallest absolute Gasteiger partial charge is 0.300 e. The average Bonchev–Trinajstić information content (AvgIpc) is 2.80. The summed E-state index contributed by atoms with van der Waals surface area (Å²) < 4.78 is 53.8. The van der Waals surface area contributed by atoms with E-state index in [4.69, 9.17) is 0 Å². The maximum atomic E-state index is 13.7. The van der Waals surface area contributed by atoms with Crippen molar-refractivity contribution in [1.82, 2.24) is 14.5 Å². The number of hydrogen-bond acceptors (Lipinski definition) is 2. The van der Waals surface area contributed by atoms with Crippen molar-refractivity contribution in [3.63, 3.8) is 0 Å². The third-order valence-electron chi connectivity index (χ3n) is 3.04. The van der Waals surface area contributed by atoms with Gasteiger partial charge in [0, 0.05) is 11.8 Å². The Bertz CT molecular complexity index is 792. The number of pyridine rings is 1. The number of benzene rings is 1. The Morgan fingerprint density at radius 1 is 1.05 bits per heavy atom. The molecule has 0 fully saturated rings. The van der Waals surface area contributed by atoms with Gasteiger partial charge in [-0.05, 0) is 18.2 Å². The summed E-state index contributed by atoms with van der Waals surface area (Å²) in [5.74, 6) is -1.65. The summed E-state index contributed by atoms with van der Waals surface area (Å²) in [5.41, 5.74) is 0.349. The van der Waals surface area contributed by atoms with Gasteiger partial charge in [-0.3, -0.25) is 0 Å². The molecule has 0 atom stereocenters. The number of nitrogens with zero attached hydrogens (tertiary/aromatic N) is 3. The van der Waals surface area contributed by atoms with Crippen LogP contribution in [0, 0.1) is 5.82 Å². The standard InChI is InChI=1S/C14H9F4N3/c15-10-5-2-1-4-9(10)8-21-12-11(6-3-7-19-12)20-13(21)14(16,17)18/h1-7H,8H2. The molecule has 0 N–H and O–H groups in total. The number of aromatic nitrogens is 3. The van der Waals surface area contributed by atoms with Gasteiger partial charge >= 0.3 is 6.18 Å². The summed E-state index contributed by atoms with van der Waals surface area (Å²) in [6.07, 6.45) is -3.26. The van der Waals surface area contributed by atoms with Gasteiger partial charge in [0.2, 0.25) is 5.82 Å². The summed E-state index contributed by atoms with van der Waals surface area (Å²) >= 11 is 0. The van der Waals surface area contributed by atoms with Crippen LogP contribution in [-0.2, 0) is 12.7 Å². The van der Waals surface area contributed by atoms with Crippen LogP contribution in [0.25, 0.3) is 11.2 Å². The fourth-order valence-electron chi connectivity index (χ4n) is 2.12. The molecule has 0 aliphatic rings. The fourth-order valence-corrected chi connectivity index (χ4v) is 2.12. The van der Waals surface area contributed by atoms with E-state index in [1.54, 1.807) is 6.07 Å². The molecule has 0 amide bonds. The fraction of sp³-hybridized carbons (Fsp3) is 0.143. The van der Waals surface area contributed by atoms with E-state index in [0.29, 0.717) is 0 Å². The highest BCUT2D eigenvalue weighted by atomic mass is 19.4. The van der Waals surface area contributed by atoms with Gasteiger partial charge in [-0.1, -0.05) is 18.2 Å². The molecule has 21 heavy (non-hydrogen) atoms. The first kappa shape index (κ1) is 13.5. The zero-order chi connectivity index (χ0) is 15.0. The highest BCUT2D eigenvalue weighted by molar-refractivity contribution is 5.71. The van der Waals surface area contributed by atoms with E-state index in [1.807, 2.05) is 0 Å². The predicted octanol–water partition coefficient (Wildman–Crippen LogP) is 3.64. The van der Waals surface area contributed by atoms with Gasteiger partial charge in [-0.2, -0.15) is 13.2 Å². The molecule has 0 radical (unpaired) electrons. The Kier molecular flexibility index (Phi) is 3.12. The maximum Gasteiger partial charge on any atom is 0.449 e. The van der Waals surface area contributed by atoms with Crippen LogP contribution in [0.1, 0.15) is 11.4 Å². The van der Waals surface area contributed by atoms with Crippen molar-refractivity contribution in [1.29, 1.82) is 0 Å². The molecule has 0 bridgehead atoms. The first-order valence-electron chi connectivity index (χ1n) is 6.08. The van der Waals surface area contributed by atoms with Crippen molar-refractivity contribution in [2.24, 2.45) is 0 Å². The number of halogens is 4. The molecule has 3 aromatic rings. The van der Waals surface area contributed by atoms with E-state index >= 15 is 0 Å². The van der Waals surface area contributed by atoms with Gasteiger partial charge in [0.1, 0.15) is 11.3 Å². The molecule has 2 aromatic heterocycles. The molecule has 3 rings (SSSR count). The lowest BCUT2D eigenvalue weighted by molar-refractivity contribution is -0.146. The third-order valence-corrected chi connectivity index (χ3v) is 3.04. The van der Waals surface area contributed by atoms with Crippen molar-refractivity contribution in [2.75, 3.05) is 0 Å². The van der Waals surface area contributed by atoms with Crippen LogP contribution < -0.4 is 0 Å². The lowest BCUT2D eigenvalue weighted by Gasteiger charge is -2.11. The van der Waals surface area contributed by atoms with Crippen molar-refractivity contribution in [3.8, 4) is 0 Å². The van der Waals surface area contributed by atoms with Crippen molar-refractivity contribution < 1.29 is 17.6 Å². The van der Waals surface area contributed by atoms with E-state index in [-0.39, 0.29) is 23.3 Å². The minimum atomic E-state index is -4.63. The molecule has 0 aliphatic carbocycles. The van der Waals surface area contributed by atoms with Crippen molar-refractivity contribution in [2.45, 2.75) is 12.7 Å². The monoisotopic (exact) mass is 295 g/mol. The normalized spacial score (nSPS) is 12.0.